The summed E-state index contributed by atoms with van der Waals surface area (Å²) in [4.78, 5) is 0. The molecule has 1 nitrogen and oxygen atoms in total. The molecule has 104 valence electrons. The second kappa shape index (κ2) is 4.94. The van der Waals surface area contributed by atoms with E-state index in [1.165, 1.54) is 37.8 Å². The van der Waals surface area contributed by atoms with Crippen LogP contribution < -0.4 is 5.32 Å². The van der Waals surface area contributed by atoms with Crippen LogP contribution in [0.5, 0.6) is 0 Å². The Bertz CT molecular complexity index is 433. The summed E-state index contributed by atoms with van der Waals surface area (Å²) < 4.78 is 0. The van der Waals surface area contributed by atoms with E-state index in [4.69, 9.17) is 0 Å². The number of benzene rings is 1. The summed E-state index contributed by atoms with van der Waals surface area (Å²) in [6, 6.07) is 9.83. The molecule has 0 heterocycles. The van der Waals surface area contributed by atoms with E-state index < -0.39 is 0 Å². The van der Waals surface area contributed by atoms with E-state index in [1.807, 2.05) is 0 Å². The second-order valence-electron chi connectivity index (χ2n) is 7.16. The van der Waals surface area contributed by atoms with Gasteiger partial charge in [0.05, 0.1) is 0 Å². The first kappa shape index (κ1) is 13.2. The van der Waals surface area contributed by atoms with Crippen molar-refractivity contribution in [3.63, 3.8) is 0 Å². The standard InChI is InChI=1S/C18H27N/c1-13(2)15-10-18(11-15,12-19-16-8-9-16)17-7-5-4-6-14(17)3/h4-7,13,15-16,19H,8-12H2,1-3H3. The van der Waals surface area contributed by atoms with Gasteiger partial charge in [-0.15, -0.1) is 0 Å². The number of aryl methyl sites for hydroxylation is 1. The minimum absolute atomic E-state index is 0.420. The highest BCUT2D eigenvalue weighted by molar-refractivity contribution is 5.36. The van der Waals surface area contributed by atoms with Crippen molar-refractivity contribution in [1.29, 1.82) is 0 Å². The van der Waals surface area contributed by atoms with Crippen molar-refractivity contribution in [1.82, 2.24) is 5.32 Å². The van der Waals surface area contributed by atoms with Crippen molar-refractivity contribution < 1.29 is 0 Å². The lowest BCUT2D eigenvalue weighted by atomic mass is 9.55. The molecule has 0 radical (unpaired) electrons. The van der Waals surface area contributed by atoms with Crippen LogP contribution in [0.4, 0.5) is 0 Å². The zero-order valence-electron chi connectivity index (χ0n) is 12.6. The summed E-state index contributed by atoms with van der Waals surface area (Å²) in [5.41, 5.74) is 3.49. The third-order valence-electron chi connectivity index (χ3n) is 5.27. The maximum Gasteiger partial charge on any atom is 0.00859 e. The van der Waals surface area contributed by atoms with Crippen molar-refractivity contribution in [3.05, 3.63) is 35.4 Å². The molecule has 2 saturated carbocycles. The summed E-state index contributed by atoms with van der Waals surface area (Å²) in [6.07, 6.45) is 5.51. The minimum Gasteiger partial charge on any atom is -0.313 e. The predicted molar refractivity (Wildman–Crippen MR) is 81.4 cm³/mol. The van der Waals surface area contributed by atoms with Gasteiger partial charge in [-0.05, 0) is 55.6 Å². The van der Waals surface area contributed by atoms with Gasteiger partial charge in [0.25, 0.3) is 0 Å². The SMILES string of the molecule is Cc1ccccc1C1(CNC2CC2)CC(C(C)C)C1. The molecule has 1 heteroatoms. The fourth-order valence-corrected chi connectivity index (χ4v) is 3.67. The lowest BCUT2D eigenvalue weighted by Gasteiger charge is -2.51. The summed E-state index contributed by atoms with van der Waals surface area (Å²) in [5.74, 6) is 1.75. The molecule has 0 spiro atoms. The fourth-order valence-electron chi connectivity index (χ4n) is 3.67. The van der Waals surface area contributed by atoms with Gasteiger partial charge in [0.2, 0.25) is 0 Å². The first-order chi connectivity index (χ1) is 9.11. The van der Waals surface area contributed by atoms with Crippen molar-refractivity contribution in [3.8, 4) is 0 Å². The first-order valence-electron chi connectivity index (χ1n) is 7.90. The predicted octanol–water partition coefficient (Wildman–Crippen LogP) is 4.05. The molecule has 0 aromatic heterocycles. The molecule has 2 aliphatic rings. The van der Waals surface area contributed by atoms with Gasteiger partial charge in [0.15, 0.2) is 0 Å². The summed E-state index contributed by atoms with van der Waals surface area (Å²) in [6.45, 7) is 8.21. The maximum absolute atomic E-state index is 3.78. The number of hydrogen-bond acceptors (Lipinski definition) is 1. The number of nitrogens with one attached hydrogen (secondary N) is 1. The molecule has 0 aliphatic heterocycles. The summed E-state index contributed by atoms with van der Waals surface area (Å²) >= 11 is 0. The second-order valence-corrected chi connectivity index (χ2v) is 7.16. The van der Waals surface area contributed by atoms with Gasteiger partial charge >= 0.3 is 0 Å². The molecule has 0 unspecified atom stereocenters. The monoisotopic (exact) mass is 257 g/mol. The molecule has 0 bridgehead atoms. The van der Waals surface area contributed by atoms with E-state index in [2.05, 4.69) is 50.4 Å². The van der Waals surface area contributed by atoms with Crippen LogP contribution in [0.1, 0.15) is 50.7 Å². The Morgan fingerprint density at radius 2 is 1.89 bits per heavy atom. The third-order valence-corrected chi connectivity index (χ3v) is 5.27. The molecule has 19 heavy (non-hydrogen) atoms. The van der Waals surface area contributed by atoms with Gasteiger partial charge in [-0.3, -0.25) is 0 Å². The zero-order valence-corrected chi connectivity index (χ0v) is 12.6. The highest BCUT2D eigenvalue weighted by Gasteiger charge is 2.47. The maximum atomic E-state index is 3.78. The van der Waals surface area contributed by atoms with Gasteiger partial charge in [-0.2, -0.15) is 0 Å². The molecule has 2 fully saturated rings. The normalized spacial score (nSPS) is 30.4. The first-order valence-corrected chi connectivity index (χ1v) is 7.90. The van der Waals surface area contributed by atoms with Gasteiger partial charge in [-0.1, -0.05) is 38.1 Å². The quantitative estimate of drug-likeness (QED) is 0.839. The van der Waals surface area contributed by atoms with E-state index in [9.17, 15) is 0 Å². The molecule has 0 atom stereocenters. The average molecular weight is 257 g/mol. The van der Waals surface area contributed by atoms with Crippen LogP contribution in [0.3, 0.4) is 0 Å². The van der Waals surface area contributed by atoms with E-state index in [0.717, 1.165) is 17.9 Å². The van der Waals surface area contributed by atoms with Crippen LogP contribution in [0, 0.1) is 18.8 Å². The van der Waals surface area contributed by atoms with Crippen LogP contribution in [-0.2, 0) is 5.41 Å². The van der Waals surface area contributed by atoms with Gasteiger partial charge in [0, 0.05) is 18.0 Å². The molecule has 0 amide bonds. The number of hydrogen-bond donors (Lipinski definition) is 1. The molecular weight excluding hydrogens is 230 g/mol. The topological polar surface area (TPSA) is 12.0 Å². The highest BCUT2D eigenvalue weighted by Crippen LogP contribution is 2.51. The summed E-state index contributed by atoms with van der Waals surface area (Å²) in [7, 11) is 0. The largest absolute Gasteiger partial charge is 0.313 e. The Hall–Kier alpha value is -0.820. The van der Waals surface area contributed by atoms with Crippen LogP contribution in [-0.4, -0.2) is 12.6 Å². The Balaban J connectivity index is 1.78. The molecular formula is C18H27N. The summed E-state index contributed by atoms with van der Waals surface area (Å²) in [5, 5.41) is 3.78. The lowest BCUT2D eigenvalue weighted by molar-refractivity contribution is 0.0968. The molecule has 0 saturated heterocycles. The van der Waals surface area contributed by atoms with Crippen molar-refractivity contribution in [2.75, 3.05) is 6.54 Å². The minimum atomic E-state index is 0.420. The van der Waals surface area contributed by atoms with Crippen LogP contribution in [0.2, 0.25) is 0 Å². The van der Waals surface area contributed by atoms with Crippen molar-refractivity contribution >= 4 is 0 Å². The van der Waals surface area contributed by atoms with Crippen molar-refractivity contribution in [2.45, 2.75) is 57.9 Å². The third kappa shape index (κ3) is 2.58. The van der Waals surface area contributed by atoms with E-state index >= 15 is 0 Å². The van der Waals surface area contributed by atoms with Crippen molar-refractivity contribution in [2.24, 2.45) is 11.8 Å². The Morgan fingerprint density at radius 1 is 1.21 bits per heavy atom. The molecule has 1 N–H and O–H groups in total. The lowest BCUT2D eigenvalue weighted by Crippen LogP contribution is -2.50. The molecule has 1 aromatic carbocycles. The Kier molecular flexibility index (Phi) is 3.42. The van der Waals surface area contributed by atoms with Crippen LogP contribution >= 0.6 is 0 Å². The number of rotatable bonds is 5. The van der Waals surface area contributed by atoms with E-state index in [1.54, 1.807) is 5.56 Å². The molecule has 1 aromatic rings. The Morgan fingerprint density at radius 3 is 2.47 bits per heavy atom. The van der Waals surface area contributed by atoms with E-state index in [-0.39, 0.29) is 0 Å². The van der Waals surface area contributed by atoms with Crippen LogP contribution in [0.15, 0.2) is 24.3 Å². The van der Waals surface area contributed by atoms with Gasteiger partial charge in [0.1, 0.15) is 0 Å². The average Bonchev–Trinajstić information content (AvgIpc) is 3.13. The fraction of sp³-hybridized carbons (Fsp3) is 0.667. The van der Waals surface area contributed by atoms with E-state index in [0.29, 0.717) is 5.41 Å². The smallest absolute Gasteiger partial charge is 0.00859 e. The van der Waals surface area contributed by atoms with Crippen LogP contribution in [0.25, 0.3) is 0 Å². The van der Waals surface area contributed by atoms with Gasteiger partial charge in [-0.25, -0.2) is 0 Å². The zero-order chi connectivity index (χ0) is 13.5. The van der Waals surface area contributed by atoms with Gasteiger partial charge < -0.3 is 5.32 Å². The molecule has 3 rings (SSSR count). The Labute approximate surface area is 117 Å². The highest BCUT2D eigenvalue weighted by atomic mass is 15.0. The molecule has 2 aliphatic carbocycles.